The van der Waals surface area contributed by atoms with Crippen molar-refractivity contribution in [2.24, 2.45) is 0 Å². The van der Waals surface area contributed by atoms with Crippen molar-refractivity contribution in [3.05, 3.63) is 50.2 Å². The summed E-state index contributed by atoms with van der Waals surface area (Å²) in [5.41, 5.74) is 0.690. The zero-order valence-electron chi connectivity index (χ0n) is 27.3. The fourth-order valence-electron chi connectivity index (χ4n) is 5.22. The predicted molar refractivity (Wildman–Crippen MR) is 219 cm³/mol. The molecule has 0 spiro atoms. The van der Waals surface area contributed by atoms with E-state index in [4.69, 9.17) is 9.47 Å². The lowest BCUT2D eigenvalue weighted by molar-refractivity contribution is -0.142. The first kappa shape index (κ1) is 41.9. The molecule has 1 atom stereocenters. The number of rotatable bonds is 15. The number of aromatic nitrogens is 1. The molecule has 2 heterocycles. The molecular formula is C33H34I4N4O11. The van der Waals surface area contributed by atoms with Gasteiger partial charge in [-0.15, -0.1) is 0 Å². The molecule has 1 aliphatic heterocycles. The molecule has 0 aliphatic carbocycles. The van der Waals surface area contributed by atoms with Crippen molar-refractivity contribution < 1.29 is 53.9 Å². The number of esters is 1. The Labute approximate surface area is 352 Å². The van der Waals surface area contributed by atoms with E-state index >= 15 is 0 Å². The third kappa shape index (κ3) is 12.1. The number of aliphatic carboxylic acids is 1. The van der Waals surface area contributed by atoms with Gasteiger partial charge in [-0.1, -0.05) is 0 Å². The zero-order chi connectivity index (χ0) is 38.1. The topological polar surface area (TPSA) is 219 Å². The van der Waals surface area contributed by atoms with E-state index < -0.39 is 29.8 Å². The minimum absolute atomic E-state index is 0.0344. The molecule has 0 bridgehead atoms. The van der Waals surface area contributed by atoms with Crippen LogP contribution in [0.2, 0.25) is 0 Å². The predicted octanol–water partition coefficient (Wildman–Crippen LogP) is 5.07. The Hall–Kier alpha value is -2.81. The van der Waals surface area contributed by atoms with Crippen molar-refractivity contribution in [3.63, 3.8) is 0 Å². The molecule has 3 amide bonds. The van der Waals surface area contributed by atoms with Crippen LogP contribution >= 0.6 is 90.4 Å². The molecule has 6 N–H and O–H groups in total. The zero-order valence-corrected chi connectivity index (χ0v) is 35.9. The van der Waals surface area contributed by atoms with E-state index in [1.165, 1.54) is 0 Å². The van der Waals surface area contributed by atoms with E-state index in [1.807, 2.05) is 45.2 Å². The van der Waals surface area contributed by atoms with Gasteiger partial charge >= 0.3 is 11.9 Å². The third-order valence-corrected chi connectivity index (χ3v) is 11.1. The smallest absolute Gasteiger partial charge is 0.326 e. The van der Waals surface area contributed by atoms with Gasteiger partial charge in [0.25, 0.3) is 0 Å². The third-order valence-electron chi connectivity index (χ3n) is 7.86. The number of amides is 3. The highest BCUT2D eigenvalue weighted by atomic mass is 127. The molecule has 4 rings (SSSR count). The van der Waals surface area contributed by atoms with Crippen LogP contribution in [0, 0.1) is 14.3 Å². The van der Waals surface area contributed by atoms with Gasteiger partial charge in [0.2, 0.25) is 23.6 Å². The van der Waals surface area contributed by atoms with Gasteiger partial charge in [0.05, 0.1) is 14.3 Å². The van der Waals surface area contributed by atoms with Crippen LogP contribution < -0.4 is 14.8 Å². The first-order valence-corrected chi connectivity index (χ1v) is 20.2. The standard InChI is InChI=1S/C33H34I4N4O11/c34-19-14-18(15-20(35)30(19)47)51-31-21(36)11-17(12-22(31)37)13-23(33(49)50)38-25(42)3-1-4-27(44)40-7-9-41(10-8-40)28(45)5-2-6-29(46)52-24-16-26(43)39-32(24)48/h11-12,14-16,23,39,43,47-48H,1-10,13H2,(H,38,42)(H,49,50)/t23-/m0/s1. The fourth-order valence-corrected chi connectivity index (χ4v) is 9.05. The molecule has 280 valence electrons. The summed E-state index contributed by atoms with van der Waals surface area (Å²) in [5.74, 6) is -2.38. The average Bonchev–Trinajstić information content (AvgIpc) is 3.40. The van der Waals surface area contributed by atoms with Gasteiger partial charge in [-0.3, -0.25) is 24.2 Å². The molecule has 52 heavy (non-hydrogen) atoms. The summed E-state index contributed by atoms with van der Waals surface area (Å²) in [6.07, 6.45) is 0.568. The number of carbonyl (C=O) groups is 5. The monoisotopic (exact) mass is 1170 g/mol. The molecule has 15 nitrogen and oxygen atoms in total. The van der Waals surface area contributed by atoms with Crippen LogP contribution in [0.15, 0.2) is 30.3 Å². The number of halogens is 4. The van der Waals surface area contributed by atoms with E-state index in [2.05, 4.69) is 55.5 Å². The molecule has 3 aromatic rings. The molecule has 2 aromatic carbocycles. The number of aromatic amines is 1. The van der Waals surface area contributed by atoms with Crippen molar-refractivity contribution in [2.75, 3.05) is 26.2 Å². The molecule has 0 saturated carbocycles. The molecule has 0 unspecified atom stereocenters. The molecule has 1 fully saturated rings. The summed E-state index contributed by atoms with van der Waals surface area (Å²) in [7, 11) is 0. The summed E-state index contributed by atoms with van der Waals surface area (Å²) in [6, 6.07) is 6.91. The lowest BCUT2D eigenvalue weighted by atomic mass is 10.1. The maximum atomic E-state index is 12.8. The minimum atomic E-state index is -1.19. The molecule has 19 heteroatoms. The normalized spacial score (nSPS) is 13.4. The number of carboxylic acids is 1. The second-order valence-electron chi connectivity index (χ2n) is 11.7. The number of ether oxygens (including phenoxy) is 2. The summed E-state index contributed by atoms with van der Waals surface area (Å²) < 4.78 is 13.8. The number of carbonyl (C=O) groups excluding carboxylic acids is 4. The Balaban J connectivity index is 1.16. The first-order chi connectivity index (χ1) is 24.6. The molecule has 1 aliphatic rings. The number of benzene rings is 2. The fraction of sp³-hybridized carbons (Fsp3) is 0.364. The summed E-state index contributed by atoms with van der Waals surface area (Å²) in [6.45, 7) is 1.30. The highest BCUT2D eigenvalue weighted by Crippen LogP contribution is 2.37. The second kappa shape index (κ2) is 19.5. The van der Waals surface area contributed by atoms with Gasteiger partial charge in [-0.05, 0) is 133 Å². The van der Waals surface area contributed by atoms with E-state index in [1.54, 1.807) is 34.1 Å². The second-order valence-corrected chi connectivity index (χ2v) is 16.3. The molecular weight excluding hydrogens is 1140 g/mol. The SMILES string of the molecule is O=C(CCCC(=O)N1CCN(C(=O)CCCC(=O)Oc2cc(O)[nH]c2O)CC1)N[C@@H](Cc1cc(I)c(Oc2cc(I)c(O)c(I)c2)c(I)c1)C(=O)O. The number of hydrogen-bond donors (Lipinski definition) is 6. The van der Waals surface area contributed by atoms with Gasteiger partial charge in [0, 0.05) is 64.3 Å². The van der Waals surface area contributed by atoms with Crippen LogP contribution in [0.3, 0.4) is 0 Å². The van der Waals surface area contributed by atoms with Crippen LogP contribution in [0.5, 0.6) is 34.8 Å². The highest BCUT2D eigenvalue weighted by molar-refractivity contribution is 14.1. The van der Waals surface area contributed by atoms with Gasteiger partial charge < -0.3 is 45.0 Å². The van der Waals surface area contributed by atoms with Gasteiger partial charge in [0.15, 0.2) is 17.4 Å². The van der Waals surface area contributed by atoms with Crippen molar-refractivity contribution >= 4 is 120 Å². The molecule has 0 radical (unpaired) electrons. The lowest BCUT2D eigenvalue weighted by Gasteiger charge is -2.35. The number of hydrogen-bond acceptors (Lipinski definition) is 10. The van der Waals surface area contributed by atoms with Crippen LogP contribution in [0.4, 0.5) is 0 Å². The maximum absolute atomic E-state index is 12.8. The van der Waals surface area contributed by atoms with Crippen molar-refractivity contribution in [1.82, 2.24) is 20.1 Å². The Morgan fingerprint density at radius 1 is 0.769 bits per heavy atom. The van der Waals surface area contributed by atoms with Crippen molar-refractivity contribution in [3.8, 4) is 34.8 Å². The summed E-state index contributed by atoms with van der Waals surface area (Å²) in [5, 5.41) is 41.3. The summed E-state index contributed by atoms with van der Waals surface area (Å²) in [4.78, 5) is 67.5. The molecule has 1 aromatic heterocycles. The first-order valence-electron chi connectivity index (χ1n) is 15.8. The Kier molecular flexibility index (Phi) is 15.7. The van der Waals surface area contributed by atoms with Crippen molar-refractivity contribution in [1.29, 1.82) is 0 Å². The number of nitrogens with zero attached hydrogens (tertiary/aromatic N) is 2. The van der Waals surface area contributed by atoms with E-state index in [0.29, 0.717) is 50.4 Å². The molecule has 1 saturated heterocycles. The average molecular weight is 1170 g/mol. The highest BCUT2D eigenvalue weighted by Gasteiger charge is 2.26. The number of carboxylic acid groups (broad SMARTS) is 1. The van der Waals surface area contributed by atoms with Gasteiger partial charge in [-0.25, -0.2) is 4.79 Å². The van der Waals surface area contributed by atoms with E-state index in [0.717, 1.165) is 13.2 Å². The Morgan fingerprint density at radius 3 is 1.81 bits per heavy atom. The number of piperazine rings is 1. The van der Waals surface area contributed by atoms with E-state index in [9.17, 15) is 44.4 Å². The summed E-state index contributed by atoms with van der Waals surface area (Å²) >= 11 is 8.26. The Morgan fingerprint density at radius 2 is 1.31 bits per heavy atom. The number of phenolic OH excluding ortho intramolecular Hbond substituents is 1. The number of nitrogens with one attached hydrogen (secondary N) is 2. The maximum Gasteiger partial charge on any atom is 0.326 e. The van der Waals surface area contributed by atoms with E-state index in [-0.39, 0.29) is 74.1 Å². The van der Waals surface area contributed by atoms with Gasteiger partial charge in [-0.2, -0.15) is 0 Å². The van der Waals surface area contributed by atoms with Crippen LogP contribution in [0.25, 0.3) is 0 Å². The van der Waals surface area contributed by atoms with Crippen LogP contribution in [0.1, 0.15) is 44.1 Å². The lowest BCUT2D eigenvalue weighted by Crippen LogP contribution is -2.50. The Bertz CT molecular complexity index is 1780. The van der Waals surface area contributed by atoms with Gasteiger partial charge in [0.1, 0.15) is 17.5 Å². The largest absolute Gasteiger partial charge is 0.506 e. The quantitative estimate of drug-likeness (QED) is 0.0872. The van der Waals surface area contributed by atoms with Crippen molar-refractivity contribution in [2.45, 2.75) is 51.0 Å². The number of phenols is 1. The number of H-pyrrole nitrogens is 1. The van der Waals surface area contributed by atoms with Crippen LogP contribution in [-0.2, 0) is 30.4 Å². The number of aromatic hydroxyl groups is 3. The minimum Gasteiger partial charge on any atom is -0.506 e. The van der Waals surface area contributed by atoms with Crippen LogP contribution in [-0.4, -0.2) is 97.1 Å².